The fourth-order valence-corrected chi connectivity index (χ4v) is 4.39. The predicted octanol–water partition coefficient (Wildman–Crippen LogP) is 2.37. The molecule has 2 saturated heterocycles. The summed E-state index contributed by atoms with van der Waals surface area (Å²) in [7, 11) is 0. The van der Waals surface area contributed by atoms with Gasteiger partial charge in [0.1, 0.15) is 0 Å². The van der Waals surface area contributed by atoms with E-state index in [0.717, 1.165) is 12.1 Å². The monoisotopic (exact) mass is 256 g/mol. The normalized spacial score (nSPS) is 31.4. The Balaban J connectivity index is 1.36. The molecule has 1 N–H and O–H groups in total. The average Bonchev–Trinajstić information content (AvgIpc) is 3.03. The highest BCUT2D eigenvalue weighted by molar-refractivity contribution is 5.33. The van der Waals surface area contributed by atoms with Gasteiger partial charge in [0.05, 0.1) is 0 Å². The molecule has 2 heterocycles. The van der Waals surface area contributed by atoms with E-state index in [1.165, 1.54) is 51.6 Å². The van der Waals surface area contributed by atoms with E-state index in [2.05, 4.69) is 34.5 Å². The lowest BCUT2D eigenvalue weighted by Crippen LogP contribution is -2.48. The first-order valence-corrected chi connectivity index (χ1v) is 7.95. The third-order valence-corrected chi connectivity index (χ3v) is 5.34. The highest BCUT2D eigenvalue weighted by Gasteiger charge is 2.33. The number of benzene rings is 1. The molecule has 0 saturated carbocycles. The molecule has 1 aromatic rings. The van der Waals surface area contributed by atoms with Crippen LogP contribution in [0.1, 0.15) is 36.8 Å². The van der Waals surface area contributed by atoms with E-state index in [0.29, 0.717) is 6.04 Å². The van der Waals surface area contributed by atoms with Crippen LogP contribution < -0.4 is 5.32 Å². The zero-order valence-electron chi connectivity index (χ0n) is 11.6. The molecule has 0 radical (unpaired) electrons. The molecule has 3 aliphatic rings. The third kappa shape index (κ3) is 2.32. The molecule has 2 atom stereocenters. The highest BCUT2D eigenvalue weighted by Crippen LogP contribution is 2.28. The molecule has 0 spiro atoms. The molecular formula is C17H24N2. The van der Waals surface area contributed by atoms with E-state index in [4.69, 9.17) is 0 Å². The van der Waals surface area contributed by atoms with Crippen molar-refractivity contribution < 1.29 is 0 Å². The fourth-order valence-electron chi connectivity index (χ4n) is 4.39. The van der Waals surface area contributed by atoms with E-state index < -0.39 is 0 Å². The van der Waals surface area contributed by atoms with Gasteiger partial charge in [0, 0.05) is 18.1 Å². The Labute approximate surface area is 116 Å². The van der Waals surface area contributed by atoms with Crippen LogP contribution in [0.5, 0.6) is 0 Å². The van der Waals surface area contributed by atoms with Crippen LogP contribution in [0.3, 0.4) is 0 Å². The Morgan fingerprint density at radius 3 is 2.53 bits per heavy atom. The fraction of sp³-hybridized carbons (Fsp3) is 0.647. The van der Waals surface area contributed by atoms with Gasteiger partial charge in [0.25, 0.3) is 0 Å². The smallest absolute Gasteiger partial charge is 0.0151 e. The Kier molecular flexibility index (Phi) is 3.08. The van der Waals surface area contributed by atoms with Crippen LogP contribution >= 0.6 is 0 Å². The van der Waals surface area contributed by atoms with Crippen molar-refractivity contribution in [3.8, 4) is 0 Å². The third-order valence-electron chi connectivity index (χ3n) is 5.34. The van der Waals surface area contributed by atoms with E-state index in [-0.39, 0.29) is 0 Å². The summed E-state index contributed by atoms with van der Waals surface area (Å²) in [5.74, 6) is 0. The van der Waals surface area contributed by atoms with Gasteiger partial charge in [-0.05, 0) is 62.7 Å². The largest absolute Gasteiger partial charge is 0.310 e. The van der Waals surface area contributed by atoms with Gasteiger partial charge in [-0.3, -0.25) is 0 Å². The number of rotatable bonds is 2. The first-order chi connectivity index (χ1) is 9.38. The maximum atomic E-state index is 3.95. The van der Waals surface area contributed by atoms with Crippen molar-refractivity contribution in [2.75, 3.05) is 13.1 Å². The SMILES string of the molecule is c1ccc2c(c1)CC(NC1CCN3CCCC3C1)C2. The predicted molar refractivity (Wildman–Crippen MR) is 78.4 cm³/mol. The molecule has 19 heavy (non-hydrogen) atoms. The van der Waals surface area contributed by atoms with Gasteiger partial charge in [-0.25, -0.2) is 0 Å². The molecule has 2 unspecified atom stereocenters. The van der Waals surface area contributed by atoms with Crippen LogP contribution in [0.25, 0.3) is 0 Å². The first kappa shape index (κ1) is 11.9. The summed E-state index contributed by atoms with van der Waals surface area (Å²) < 4.78 is 0. The van der Waals surface area contributed by atoms with Crippen molar-refractivity contribution in [2.24, 2.45) is 0 Å². The molecule has 1 aromatic carbocycles. The molecule has 4 rings (SSSR count). The Morgan fingerprint density at radius 2 is 1.74 bits per heavy atom. The number of piperidine rings is 1. The summed E-state index contributed by atoms with van der Waals surface area (Å²) in [5, 5.41) is 3.95. The van der Waals surface area contributed by atoms with Gasteiger partial charge < -0.3 is 10.2 Å². The topological polar surface area (TPSA) is 15.3 Å². The van der Waals surface area contributed by atoms with E-state index >= 15 is 0 Å². The quantitative estimate of drug-likeness (QED) is 0.874. The molecule has 0 aromatic heterocycles. The number of fused-ring (bicyclic) bond motifs is 2. The summed E-state index contributed by atoms with van der Waals surface area (Å²) in [5.41, 5.74) is 3.14. The first-order valence-electron chi connectivity index (χ1n) is 7.95. The lowest BCUT2D eigenvalue weighted by atomic mass is 9.96. The standard InChI is InChI=1S/C17H24N2/c1-2-5-14-11-16(10-13(14)4-1)18-15-7-9-19-8-3-6-17(19)12-15/h1-2,4-5,15-18H,3,6-12H2. The maximum Gasteiger partial charge on any atom is 0.0151 e. The Morgan fingerprint density at radius 1 is 0.947 bits per heavy atom. The molecule has 2 fully saturated rings. The van der Waals surface area contributed by atoms with Crippen LogP contribution in [0.2, 0.25) is 0 Å². The Hall–Kier alpha value is -0.860. The summed E-state index contributed by atoms with van der Waals surface area (Å²) in [6.45, 7) is 2.67. The number of nitrogens with one attached hydrogen (secondary N) is 1. The van der Waals surface area contributed by atoms with Crippen molar-refractivity contribution in [3.05, 3.63) is 35.4 Å². The summed E-state index contributed by atoms with van der Waals surface area (Å²) >= 11 is 0. The number of nitrogens with zero attached hydrogens (tertiary/aromatic N) is 1. The minimum atomic E-state index is 0.690. The molecular weight excluding hydrogens is 232 g/mol. The van der Waals surface area contributed by atoms with Crippen LogP contribution in [0.4, 0.5) is 0 Å². The lowest BCUT2D eigenvalue weighted by Gasteiger charge is -2.36. The van der Waals surface area contributed by atoms with Crippen molar-refractivity contribution in [2.45, 2.75) is 56.7 Å². The van der Waals surface area contributed by atoms with Gasteiger partial charge in [-0.15, -0.1) is 0 Å². The van der Waals surface area contributed by atoms with Crippen molar-refractivity contribution in [1.82, 2.24) is 10.2 Å². The molecule has 102 valence electrons. The van der Waals surface area contributed by atoms with Crippen molar-refractivity contribution in [1.29, 1.82) is 0 Å². The van der Waals surface area contributed by atoms with Gasteiger partial charge >= 0.3 is 0 Å². The molecule has 0 bridgehead atoms. The van der Waals surface area contributed by atoms with Crippen LogP contribution in [0.15, 0.2) is 24.3 Å². The van der Waals surface area contributed by atoms with E-state index in [1.807, 2.05) is 0 Å². The highest BCUT2D eigenvalue weighted by atomic mass is 15.2. The van der Waals surface area contributed by atoms with Gasteiger partial charge in [0.2, 0.25) is 0 Å². The second-order valence-corrected chi connectivity index (χ2v) is 6.59. The minimum Gasteiger partial charge on any atom is -0.310 e. The maximum absolute atomic E-state index is 3.95. The molecule has 2 nitrogen and oxygen atoms in total. The number of hydrogen-bond acceptors (Lipinski definition) is 2. The molecule has 2 aliphatic heterocycles. The van der Waals surface area contributed by atoms with Crippen molar-refractivity contribution >= 4 is 0 Å². The van der Waals surface area contributed by atoms with Gasteiger partial charge in [-0.1, -0.05) is 24.3 Å². The zero-order valence-corrected chi connectivity index (χ0v) is 11.6. The van der Waals surface area contributed by atoms with E-state index in [1.54, 1.807) is 11.1 Å². The molecule has 1 aliphatic carbocycles. The van der Waals surface area contributed by atoms with Gasteiger partial charge in [-0.2, -0.15) is 0 Å². The summed E-state index contributed by atoms with van der Waals surface area (Å²) in [4.78, 5) is 2.71. The van der Waals surface area contributed by atoms with Crippen LogP contribution in [0, 0.1) is 0 Å². The lowest BCUT2D eigenvalue weighted by molar-refractivity contribution is 0.161. The summed E-state index contributed by atoms with van der Waals surface area (Å²) in [6, 6.07) is 11.3. The molecule has 2 heteroatoms. The van der Waals surface area contributed by atoms with Crippen LogP contribution in [-0.2, 0) is 12.8 Å². The Bertz CT molecular complexity index is 431. The minimum absolute atomic E-state index is 0.690. The van der Waals surface area contributed by atoms with Gasteiger partial charge in [0.15, 0.2) is 0 Å². The molecule has 0 amide bonds. The van der Waals surface area contributed by atoms with E-state index in [9.17, 15) is 0 Å². The second kappa shape index (κ2) is 4.92. The average molecular weight is 256 g/mol. The zero-order chi connectivity index (χ0) is 12.7. The number of hydrogen-bond donors (Lipinski definition) is 1. The van der Waals surface area contributed by atoms with Crippen LogP contribution in [-0.4, -0.2) is 36.1 Å². The van der Waals surface area contributed by atoms with Crippen molar-refractivity contribution in [3.63, 3.8) is 0 Å². The summed E-state index contributed by atoms with van der Waals surface area (Å²) in [6.07, 6.45) is 8.06. The second-order valence-electron chi connectivity index (χ2n) is 6.59.